The van der Waals surface area contributed by atoms with E-state index in [-0.39, 0.29) is 6.04 Å². The fraction of sp³-hybridized carbons (Fsp3) is 0.429. The highest BCUT2D eigenvalue weighted by molar-refractivity contribution is 5.47. The van der Waals surface area contributed by atoms with Gasteiger partial charge in [-0.25, -0.2) is 0 Å². The molecule has 1 aliphatic rings. The zero-order chi connectivity index (χ0) is 17.8. The van der Waals surface area contributed by atoms with Crippen molar-refractivity contribution < 1.29 is 9.47 Å². The second kappa shape index (κ2) is 7.89. The van der Waals surface area contributed by atoms with E-state index in [9.17, 15) is 0 Å². The second-order valence-electron chi connectivity index (χ2n) is 6.72. The number of hydrogen-bond donors (Lipinski definition) is 1. The third-order valence-corrected chi connectivity index (χ3v) is 4.81. The number of methoxy groups -OCH3 is 2. The van der Waals surface area contributed by atoms with Crippen LogP contribution in [0.3, 0.4) is 0 Å². The highest BCUT2D eigenvalue weighted by Gasteiger charge is 2.27. The average molecular weight is 340 g/mol. The summed E-state index contributed by atoms with van der Waals surface area (Å²) in [6, 6.07) is 13.1. The van der Waals surface area contributed by atoms with Crippen molar-refractivity contribution in [3.8, 4) is 11.5 Å². The maximum atomic E-state index is 5.72. The average Bonchev–Trinajstić information content (AvgIpc) is 2.62. The quantitative estimate of drug-likeness (QED) is 0.905. The van der Waals surface area contributed by atoms with Crippen LogP contribution in [0.25, 0.3) is 0 Å². The van der Waals surface area contributed by atoms with Crippen molar-refractivity contribution in [1.29, 1.82) is 0 Å². The van der Waals surface area contributed by atoms with E-state index in [2.05, 4.69) is 48.3 Å². The SMILES string of the molecule is COc1ccc(C(c2cc(C)cc(C)c2)N2CCNCC2)c(OC)c1. The summed E-state index contributed by atoms with van der Waals surface area (Å²) in [5.41, 5.74) is 5.10. The fourth-order valence-corrected chi connectivity index (χ4v) is 3.74. The van der Waals surface area contributed by atoms with E-state index < -0.39 is 0 Å². The molecule has 134 valence electrons. The van der Waals surface area contributed by atoms with E-state index in [1.807, 2.05) is 12.1 Å². The zero-order valence-electron chi connectivity index (χ0n) is 15.6. The van der Waals surface area contributed by atoms with Gasteiger partial charge in [0.2, 0.25) is 0 Å². The Hall–Kier alpha value is -2.04. The summed E-state index contributed by atoms with van der Waals surface area (Å²) in [7, 11) is 3.42. The molecule has 25 heavy (non-hydrogen) atoms. The van der Waals surface area contributed by atoms with Crippen molar-refractivity contribution in [2.75, 3.05) is 40.4 Å². The normalized spacial score (nSPS) is 16.5. The second-order valence-corrected chi connectivity index (χ2v) is 6.72. The van der Waals surface area contributed by atoms with Crippen LogP contribution in [-0.2, 0) is 0 Å². The summed E-state index contributed by atoms with van der Waals surface area (Å²) in [4.78, 5) is 2.54. The van der Waals surface area contributed by atoms with Crippen LogP contribution in [0.1, 0.15) is 28.3 Å². The van der Waals surface area contributed by atoms with Gasteiger partial charge in [0, 0.05) is 37.8 Å². The highest BCUT2D eigenvalue weighted by atomic mass is 16.5. The third-order valence-electron chi connectivity index (χ3n) is 4.81. The summed E-state index contributed by atoms with van der Waals surface area (Å²) in [6.45, 7) is 8.40. The number of ether oxygens (including phenoxy) is 2. The molecule has 2 aromatic carbocycles. The molecule has 0 saturated carbocycles. The predicted molar refractivity (Wildman–Crippen MR) is 102 cm³/mol. The number of hydrogen-bond acceptors (Lipinski definition) is 4. The Morgan fingerprint density at radius 3 is 2.20 bits per heavy atom. The molecule has 0 aromatic heterocycles. The van der Waals surface area contributed by atoms with Crippen LogP contribution in [0, 0.1) is 13.8 Å². The maximum absolute atomic E-state index is 5.72. The van der Waals surface area contributed by atoms with Crippen LogP contribution in [0.4, 0.5) is 0 Å². The number of aryl methyl sites for hydroxylation is 2. The van der Waals surface area contributed by atoms with Crippen LogP contribution >= 0.6 is 0 Å². The molecule has 4 nitrogen and oxygen atoms in total. The molecule has 1 heterocycles. The van der Waals surface area contributed by atoms with Crippen LogP contribution < -0.4 is 14.8 Å². The van der Waals surface area contributed by atoms with Crippen molar-refractivity contribution in [3.63, 3.8) is 0 Å². The minimum atomic E-state index is 0.182. The van der Waals surface area contributed by atoms with Gasteiger partial charge < -0.3 is 14.8 Å². The molecule has 1 aliphatic heterocycles. The lowest BCUT2D eigenvalue weighted by molar-refractivity contribution is 0.195. The van der Waals surface area contributed by atoms with Crippen LogP contribution in [0.5, 0.6) is 11.5 Å². The van der Waals surface area contributed by atoms with Crippen molar-refractivity contribution in [2.45, 2.75) is 19.9 Å². The standard InChI is InChI=1S/C21H28N2O2/c1-15-11-16(2)13-17(12-15)21(23-9-7-22-8-10-23)19-6-5-18(24-3)14-20(19)25-4/h5-6,11-14,21-22H,7-10H2,1-4H3. The van der Waals surface area contributed by atoms with E-state index in [1.165, 1.54) is 22.3 Å². The number of rotatable bonds is 5. The van der Waals surface area contributed by atoms with Gasteiger partial charge in [0.1, 0.15) is 11.5 Å². The Bertz CT molecular complexity index is 704. The third kappa shape index (κ3) is 3.97. The van der Waals surface area contributed by atoms with Crippen LogP contribution in [-0.4, -0.2) is 45.3 Å². The largest absolute Gasteiger partial charge is 0.497 e. The number of nitrogens with zero attached hydrogens (tertiary/aromatic N) is 1. The summed E-state index contributed by atoms with van der Waals surface area (Å²) < 4.78 is 11.1. The van der Waals surface area contributed by atoms with E-state index in [4.69, 9.17) is 9.47 Å². The molecule has 2 aromatic rings. The van der Waals surface area contributed by atoms with Gasteiger partial charge in [-0.15, -0.1) is 0 Å². The first-order valence-corrected chi connectivity index (χ1v) is 8.87. The maximum Gasteiger partial charge on any atom is 0.127 e. The molecule has 1 atom stereocenters. The fourth-order valence-electron chi connectivity index (χ4n) is 3.74. The number of benzene rings is 2. The Labute approximate surface area is 150 Å². The molecule has 1 saturated heterocycles. The summed E-state index contributed by atoms with van der Waals surface area (Å²) in [6.07, 6.45) is 0. The Balaban J connectivity index is 2.10. The summed E-state index contributed by atoms with van der Waals surface area (Å²) in [5, 5.41) is 3.45. The molecule has 4 heteroatoms. The van der Waals surface area contributed by atoms with Crippen LogP contribution in [0.2, 0.25) is 0 Å². The smallest absolute Gasteiger partial charge is 0.127 e. The zero-order valence-corrected chi connectivity index (χ0v) is 15.6. The minimum absolute atomic E-state index is 0.182. The van der Waals surface area contributed by atoms with Gasteiger partial charge in [0.05, 0.1) is 20.3 Å². The monoisotopic (exact) mass is 340 g/mol. The topological polar surface area (TPSA) is 33.7 Å². The first-order valence-electron chi connectivity index (χ1n) is 8.87. The lowest BCUT2D eigenvalue weighted by Gasteiger charge is -2.36. The van der Waals surface area contributed by atoms with Crippen molar-refractivity contribution in [2.24, 2.45) is 0 Å². The minimum Gasteiger partial charge on any atom is -0.497 e. The van der Waals surface area contributed by atoms with Gasteiger partial charge in [0.25, 0.3) is 0 Å². The van der Waals surface area contributed by atoms with E-state index >= 15 is 0 Å². The lowest BCUT2D eigenvalue weighted by atomic mass is 9.93. The molecule has 0 spiro atoms. The molecule has 0 amide bonds. The molecule has 1 fully saturated rings. The van der Waals surface area contributed by atoms with Crippen molar-refractivity contribution in [1.82, 2.24) is 10.2 Å². The molecule has 0 bridgehead atoms. The first kappa shape index (κ1) is 17.8. The highest BCUT2D eigenvalue weighted by Crippen LogP contribution is 2.37. The predicted octanol–water partition coefficient (Wildman–Crippen LogP) is 3.32. The van der Waals surface area contributed by atoms with Crippen LogP contribution in [0.15, 0.2) is 36.4 Å². The Morgan fingerprint density at radius 2 is 1.60 bits per heavy atom. The molecule has 1 unspecified atom stereocenters. The first-order chi connectivity index (χ1) is 12.1. The van der Waals surface area contributed by atoms with Gasteiger partial charge in [-0.05, 0) is 31.5 Å². The molecular weight excluding hydrogens is 312 g/mol. The summed E-state index contributed by atoms with van der Waals surface area (Å²) in [5.74, 6) is 1.70. The Kier molecular flexibility index (Phi) is 5.61. The summed E-state index contributed by atoms with van der Waals surface area (Å²) >= 11 is 0. The van der Waals surface area contributed by atoms with Gasteiger partial charge in [-0.2, -0.15) is 0 Å². The van der Waals surface area contributed by atoms with Crippen molar-refractivity contribution in [3.05, 3.63) is 58.7 Å². The van der Waals surface area contributed by atoms with Crippen molar-refractivity contribution >= 4 is 0 Å². The molecule has 0 aliphatic carbocycles. The molecule has 3 rings (SSSR count). The van der Waals surface area contributed by atoms with E-state index in [0.29, 0.717) is 0 Å². The van der Waals surface area contributed by atoms with E-state index in [0.717, 1.165) is 37.7 Å². The lowest BCUT2D eigenvalue weighted by Crippen LogP contribution is -2.45. The Morgan fingerprint density at radius 1 is 0.920 bits per heavy atom. The number of nitrogens with one attached hydrogen (secondary N) is 1. The van der Waals surface area contributed by atoms with E-state index in [1.54, 1.807) is 14.2 Å². The van der Waals surface area contributed by atoms with Gasteiger partial charge >= 0.3 is 0 Å². The molecule has 1 N–H and O–H groups in total. The number of piperazine rings is 1. The molecular formula is C21H28N2O2. The van der Waals surface area contributed by atoms with Gasteiger partial charge in [-0.1, -0.05) is 29.3 Å². The van der Waals surface area contributed by atoms with Gasteiger partial charge in [0.15, 0.2) is 0 Å². The molecule has 0 radical (unpaired) electrons. The van der Waals surface area contributed by atoms with Gasteiger partial charge in [-0.3, -0.25) is 4.90 Å².